The van der Waals surface area contributed by atoms with Gasteiger partial charge in [0.05, 0.1) is 0 Å². The number of aromatic amines is 1. The minimum absolute atomic E-state index is 0.0323. The van der Waals surface area contributed by atoms with Gasteiger partial charge < -0.3 is 24.2 Å². The summed E-state index contributed by atoms with van der Waals surface area (Å²) in [6.45, 7) is 2.03. The number of nitrogens with zero attached hydrogens (tertiary/aromatic N) is 2. The number of likely N-dealkylation sites (tertiary alicyclic amines) is 1. The number of hydroxylamine groups is 1. The van der Waals surface area contributed by atoms with Crippen LogP contribution in [-0.2, 0) is 4.74 Å². The molecule has 2 aromatic rings. The van der Waals surface area contributed by atoms with Crippen LogP contribution in [0.4, 0.5) is 11.5 Å². The summed E-state index contributed by atoms with van der Waals surface area (Å²) in [6.07, 6.45) is 1.88. The number of benzene rings is 1. The van der Waals surface area contributed by atoms with Crippen LogP contribution in [0.5, 0.6) is 11.5 Å². The first-order valence-corrected chi connectivity index (χ1v) is 8.76. The van der Waals surface area contributed by atoms with Crippen molar-refractivity contribution in [3.8, 4) is 11.5 Å². The highest BCUT2D eigenvalue weighted by Crippen LogP contribution is 2.42. The van der Waals surface area contributed by atoms with Crippen LogP contribution in [0, 0.1) is 0 Å². The highest BCUT2D eigenvalue weighted by Gasteiger charge is 2.31. The van der Waals surface area contributed by atoms with Gasteiger partial charge in [-0.2, -0.15) is 0 Å². The number of H-pyrrole nitrogens is 1. The van der Waals surface area contributed by atoms with Crippen LogP contribution in [0.2, 0.25) is 0 Å². The van der Waals surface area contributed by atoms with Crippen molar-refractivity contribution in [3.05, 3.63) is 35.5 Å². The molecule has 8 nitrogen and oxygen atoms in total. The SMILES string of the molecule is COC1NOc2cc(N3COc4cc(C(=O)N5CCCC5)[nH]c43)ccc21. The third kappa shape index (κ3) is 2.33. The van der Waals surface area contributed by atoms with Crippen LogP contribution in [-0.4, -0.2) is 42.7 Å². The van der Waals surface area contributed by atoms with Crippen molar-refractivity contribution in [3.63, 3.8) is 0 Å². The summed E-state index contributed by atoms with van der Waals surface area (Å²) in [5, 5.41) is 0. The second kappa shape index (κ2) is 5.93. The van der Waals surface area contributed by atoms with E-state index in [1.165, 1.54) is 0 Å². The van der Waals surface area contributed by atoms with Crippen LogP contribution >= 0.6 is 0 Å². The fourth-order valence-electron chi connectivity index (χ4n) is 3.69. The third-order valence-corrected chi connectivity index (χ3v) is 5.11. The smallest absolute Gasteiger partial charge is 0.270 e. The second-order valence-electron chi connectivity index (χ2n) is 6.65. The molecule has 3 aliphatic rings. The van der Waals surface area contributed by atoms with E-state index in [1.807, 2.05) is 28.0 Å². The van der Waals surface area contributed by atoms with E-state index in [4.69, 9.17) is 14.3 Å². The highest BCUT2D eigenvalue weighted by atomic mass is 16.7. The van der Waals surface area contributed by atoms with E-state index < -0.39 is 0 Å². The normalized spacial score (nSPS) is 20.7. The molecule has 2 N–H and O–H groups in total. The standard InChI is InChI=1S/C18H20N4O4/c1-24-17-12-5-4-11(8-14(12)26-20-17)22-10-25-15-9-13(19-16(15)22)18(23)21-6-2-3-7-21/h4-5,8-9,17,19-20H,2-3,6-7,10H2,1H3. The van der Waals surface area contributed by atoms with Gasteiger partial charge in [0.15, 0.2) is 30.3 Å². The molecule has 1 saturated heterocycles. The van der Waals surface area contributed by atoms with Crippen molar-refractivity contribution in [1.29, 1.82) is 0 Å². The number of nitrogens with one attached hydrogen (secondary N) is 2. The van der Waals surface area contributed by atoms with Crippen LogP contribution < -0.4 is 20.0 Å². The van der Waals surface area contributed by atoms with E-state index in [1.54, 1.807) is 13.2 Å². The van der Waals surface area contributed by atoms with Gasteiger partial charge in [-0.3, -0.25) is 9.69 Å². The van der Waals surface area contributed by atoms with Crippen LogP contribution in [0.25, 0.3) is 0 Å². The molecule has 136 valence electrons. The molecule has 4 heterocycles. The average molecular weight is 356 g/mol. The lowest BCUT2D eigenvalue weighted by atomic mass is 10.1. The van der Waals surface area contributed by atoms with Gasteiger partial charge in [-0.15, -0.1) is 5.48 Å². The molecule has 26 heavy (non-hydrogen) atoms. The van der Waals surface area contributed by atoms with E-state index in [2.05, 4.69) is 10.5 Å². The summed E-state index contributed by atoms with van der Waals surface area (Å²) in [5.74, 6) is 2.25. The number of rotatable bonds is 3. The second-order valence-corrected chi connectivity index (χ2v) is 6.65. The number of hydrogen-bond donors (Lipinski definition) is 2. The molecule has 0 bridgehead atoms. The van der Waals surface area contributed by atoms with Crippen molar-refractivity contribution < 1.29 is 19.1 Å². The zero-order valence-electron chi connectivity index (χ0n) is 14.4. The number of fused-ring (bicyclic) bond motifs is 2. The Balaban J connectivity index is 1.43. The largest absolute Gasteiger partial charge is 0.469 e. The molecule has 1 unspecified atom stereocenters. The lowest BCUT2D eigenvalue weighted by Gasteiger charge is -2.18. The van der Waals surface area contributed by atoms with E-state index >= 15 is 0 Å². The molecule has 3 aliphatic heterocycles. The molecule has 1 aromatic carbocycles. The minimum atomic E-state index is -0.264. The predicted molar refractivity (Wildman–Crippen MR) is 93.5 cm³/mol. The van der Waals surface area contributed by atoms with Gasteiger partial charge in [-0.05, 0) is 25.0 Å². The van der Waals surface area contributed by atoms with Crippen molar-refractivity contribution in [1.82, 2.24) is 15.4 Å². The monoisotopic (exact) mass is 356 g/mol. The lowest BCUT2D eigenvalue weighted by Crippen LogP contribution is -2.28. The van der Waals surface area contributed by atoms with E-state index in [9.17, 15) is 4.79 Å². The molecule has 0 saturated carbocycles. The summed E-state index contributed by atoms with van der Waals surface area (Å²) >= 11 is 0. The van der Waals surface area contributed by atoms with Crippen LogP contribution in [0.3, 0.4) is 0 Å². The Bertz CT molecular complexity index is 859. The van der Waals surface area contributed by atoms with E-state index in [-0.39, 0.29) is 12.1 Å². The van der Waals surface area contributed by atoms with E-state index in [0.717, 1.165) is 48.7 Å². The van der Waals surface area contributed by atoms with Gasteiger partial charge in [-0.1, -0.05) is 0 Å². The molecule has 1 aromatic heterocycles. The summed E-state index contributed by atoms with van der Waals surface area (Å²) in [7, 11) is 1.63. The lowest BCUT2D eigenvalue weighted by molar-refractivity contribution is 0.0140. The first-order valence-electron chi connectivity index (χ1n) is 8.76. The van der Waals surface area contributed by atoms with Crippen LogP contribution in [0.15, 0.2) is 24.3 Å². The summed E-state index contributed by atoms with van der Waals surface area (Å²) < 4.78 is 11.1. The molecule has 5 rings (SSSR count). The molecule has 0 spiro atoms. The Morgan fingerprint density at radius 3 is 2.88 bits per heavy atom. The molecule has 1 atom stereocenters. The number of anilines is 2. The maximum Gasteiger partial charge on any atom is 0.270 e. The fraction of sp³-hybridized carbons (Fsp3) is 0.389. The van der Waals surface area contributed by atoms with Gasteiger partial charge in [-0.25, -0.2) is 0 Å². The zero-order valence-corrected chi connectivity index (χ0v) is 14.4. The van der Waals surface area contributed by atoms with Crippen molar-refractivity contribution in [2.45, 2.75) is 19.1 Å². The minimum Gasteiger partial charge on any atom is -0.469 e. The quantitative estimate of drug-likeness (QED) is 0.878. The van der Waals surface area contributed by atoms with Crippen molar-refractivity contribution >= 4 is 17.4 Å². The molecular weight excluding hydrogens is 336 g/mol. The van der Waals surface area contributed by atoms with Gasteiger partial charge in [0, 0.05) is 43.6 Å². The molecule has 1 fully saturated rings. The van der Waals surface area contributed by atoms with Crippen molar-refractivity contribution in [2.24, 2.45) is 0 Å². The number of methoxy groups -OCH3 is 1. The highest BCUT2D eigenvalue weighted by molar-refractivity contribution is 5.95. The Morgan fingerprint density at radius 1 is 1.23 bits per heavy atom. The van der Waals surface area contributed by atoms with Gasteiger partial charge in [0.1, 0.15) is 5.69 Å². The van der Waals surface area contributed by atoms with Crippen molar-refractivity contribution in [2.75, 3.05) is 31.8 Å². The first kappa shape index (κ1) is 15.5. The Hall–Kier alpha value is -2.71. The molecule has 0 aliphatic carbocycles. The third-order valence-electron chi connectivity index (χ3n) is 5.11. The molecule has 1 amide bonds. The Labute approximate surface area is 150 Å². The summed E-state index contributed by atoms with van der Waals surface area (Å²) in [6, 6.07) is 7.68. The molecule has 0 radical (unpaired) electrons. The summed E-state index contributed by atoms with van der Waals surface area (Å²) in [4.78, 5) is 25.2. The number of carbonyl (C=O) groups excluding carboxylic acids is 1. The predicted octanol–water partition coefficient (Wildman–Crippen LogP) is 2.28. The van der Waals surface area contributed by atoms with Crippen LogP contribution in [0.1, 0.15) is 35.1 Å². The van der Waals surface area contributed by atoms with Gasteiger partial charge >= 0.3 is 0 Å². The first-order chi connectivity index (χ1) is 12.7. The maximum absolute atomic E-state index is 12.6. The number of ether oxygens (including phenoxy) is 2. The van der Waals surface area contributed by atoms with E-state index in [0.29, 0.717) is 18.2 Å². The topological polar surface area (TPSA) is 79.1 Å². The molecule has 8 heteroatoms. The Kier molecular flexibility index (Phi) is 3.54. The van der Waals surface area contributed by atoms with Gasteiger partial charge in [0.2, 0.25) is 0 Å². The number of hydrogen-bond acceptors (Lipinski definition) is 6. The van der Waals surface area contributed by atoms with Gasteiger partial charge in [0.25, 0.3) is 5.91 Å². The molecular formula is C18H20N4O4. The fourth-order valence-corrected chi connectivity index (χ4v) is 3.69. The number of amides is 1. The summed E-state index contributed by atoms with van der Waals surface area (Å²) in [5.41, 5.74) is 5.27. The Morgan fingerprint density at radius 2 is 2.08 bits per heavy atom. The maximum atomic E-state index is 12.6. The average Bonchev–Trinajstić information content (AvgIpc) is 3.43. The number of aromatic nitrogens is 1. The number of carbonyl (C=O) groups is 1. The zero-order chi connectivity index (χ0) is 17.7.